The highest BCUT2D eigenvalue weighted by Gasteiger charge is 2.19. The third-order valence-corrected chi connectivity index (χ3v) is 3.87. The van der Waals surface area contributed by atoms with Crippen LogP contribution in [0.2, 0.25) is 0 Å². The molecule has 3 heterocycles. The van der Waals surface area contributed by atoms with Gasteiger partial charge >= 0.3 is 0 Å². The molecule has 2 aromatic heterocycles. The number of nitrogen functional groups attached to an aromatic ring is 1. The molecule has 1 saturated heterocycles. The molecule has 0 amide bonds. The standard InChI is InChI=1S/C12H20N8/c1-20-5-3-2-4-8(20)6-14-10-9-7-15-19-11(9)17-12(16-10)18-13/h7-8H,2-6,13H2,1H3,(H3,14,15,16,17,18,19). The maximum Gasteiger partial charge on any atom is 0.241 e. The number of likely N-dealkylation sites (N-methyl/N-ethyl adjacent to an activating group) is 1. The lowest BCUT2D eigenvalue weighted by molar-refractivity contribution is 0.194. The average molecular weight is 276 g/mol. The first-order valence-electron chi connectivity index (χ1n) is 6.90. The van der Waals surface area contributed by atoms with Crippen LogP contribution in [0.4, 0.5) is 11.8 Å². The van der Waals surface area contributed by atoms with Crippen LogP contribution in [0.15, 0.2) is 6.20 Å². The third-order valence-electron chi connectivity index (χ3n) is 3.87. The zero-order valence-corrected chi connectivity index (χ0v) is 11.6. The Labute approximate surface area is 117 Å². The van der Waals surface area contributed by atoms with Gasteiger partial charge < -0.3 is 10.2 Å². The molecule has 1 atom stereocenters. The molecule has 0 bridgehead atoms. The van der Waals surface area contributed by atoms with Crippen LogP contribution < -0.4 is 16.6 Å². The molecule has 20 heavy (non-hydrogen) atoms. The van der Waals surface area contributed by atoms with Gasteiger partial charge in [0.25, 0.3) is 0 Å². The summed E-state index contributed by atoms with van der Waals surface area (Å²) in [6.45, 7) is 2.02. The molecule has 1 aliphatic heterocycles. The first-order chi connectivity index (χ1) is 9.78. The van der Waals surface area contributed by atoms with Gasteiger partial charge in [-0.3, -0.25) is 10.5 Å². The Bertz CT molecular complexity index is 580. The van der Waals surface area contributed by atoms with Gasteiger partial charge in [0.2, 0.25) is 5.95 Å². The Morgan fingerprint density at radius 3 is 3.15 bits per heavy atom. The van der Waals surface area contributed by atoms with Crippen LogP contribution in [0.1, 0.15) is 19.3 Å². The van der Waals surface area contributed by atoms with Crippen LogP contribution in [-0.4, -0.2) is 51.2 Å². The van der Waals surface area contributed by atoms with Gasteiger partial charge in [-0.2, -0.15) is 15.1 Å². The molecule has 8 nitrogen and oxygen atoms in total. The maximum atomic E-state index is 5.39. The minimum Gasteiger partial charge on any atom is -0.368 e. The Balaban J connectivity index is 1.77. The third kappa shape index (κ3) is 2.52. The van der Waals surface area contributed by atoms with E-state index in [0.29, 0.717) is 17.6 Å². The molecule has 5 N–H and O–H groups in total. The maximum absolute atomic E-state index is 5.39. The number of aromatic nitrogens is 4. The molecule has 0 spiro atoms. The van der Waals surface area contributed by atoms with E-state index in [9.17, 15) is 0 Å². The number of anilines is 2. The molecular weight excluding hydrogens is 256 g/mol. The lowest BCUT2D eigenvalue weighted by Gasteiger charge is -2.32. The van der Waals surface area contributed by atoms with Gasteiger partial charge in [0.05, 0.1) is 11.6 Å². The highest BCUT2D eigenvalue weighted by atomic mass is 15.3. The van der Waals surface area contributed by atoms with E-state index in [0.717, 1.165) is 24.3 Å². The van der Waals surface area contributed by atoms with Crippen molar-refractivity contribution in [1.82, 2.24) is 25.1 Å². The first-order valence-corrected chi connectivity index (χ1v) is 6.90. The smallest absolute Gasteiger partial charge is 0.241 e. The summed E-state index contributed by atoms with van der Waals surface area (Å²) < 4.78 is 0. The van der Waals surface area contributed by atoms with Crippen LogP contribution in [0, 0.1) is 0 Å². The van der Waals surface area contributed by atoms with Crippen molar-refractivity contribution in [1.29, 1.82) is 0 Å². The Hall–Kier alpha value is -1.93. The molecule has 0 saturated carbocycles. The van der Waals surface area contributed by atoms with Crippen molar-refractivity contribution in [2.24, 2.45) is 5.84 Å². The molecule has 0 radical (unpaired) electrons. The summed E-state index contributed by atoms with van der Waals surface area (Å²) in [6.07, 6.45) is 5.51. The number of fused-ring (bicyclic) bond motifs is 1. The molecule has 1 unspecified atom stereocenters. The topological polar surface area (TPSA) is 108 Å². The minimum absolute atomic E-state index is 0.376. The Kier molecular flexibility index (Phi) is 3.66. The fourth-order valence-electron chi connectivity index (χ4n) is 2.65. The molecule has 2 aromatic rings. The van der Waals surface area contributed by atoms with Gasteiger partial charge in [0.15, 0.2) is 5.65 Å². The highest BCUT2D eigenvalue weighted by Crippen LogP contribution is 2.21. The lowest BCUT2D eigenvalue weighted by atomic mass is 10.0. The van der Waals surface area contributed by atoms with E-state index in [4.69, 9.17) is 5.84 Å². The van der Waals surface area contributed by atoms with E-state index in [2.05, 4.69) is 42.9 Å². The van der Waals surface area contributed by atoms with Gasteiger partial charge in [-0.15, -0.1) is 0 Å². The number of hydrazine groups is 1. The van der Waals surface area contributed by atoms with E-state index in [1.54, 1.807) is 6.20 Å². The largest absolute Gasteiger partial charge is 0.368 e. The molecule has 8 heteroatoms. The summed E-state index contributed by atoms with van der Waals surface area (Å²) in [4.78, 5) is 11.0. The van der Waals surface area contributed by atoms with Crippen molar-refractivity contribution in [2.75, 3.05) is 30.9 Å². The minimum atomic E-state index is 0.376. The van der Waals surface area contributed by atoms with E-state index in [-0.39, 0.29) is 0 Å². The predicted molar refractivity (Wildman–Crippen MR) is 78.3 cm³/mol. The Morgan fingerprint density at radius 2 is 2.35 bits per heavy atom. The van der Waals surface area contributed by atoms with Crippen molar-refractivity contribution >= 4 is 22.8 Å². The summed E-state index contributed by atoms with van der Waals surface area (Å²) in [5.41, 5.74) is 3.15. The van der Waals surface area contributed by atoms with Crippen LogP contribution in [0.25, 0.3) is 11.0 Å². The normalized spacial score (nSPS) is 20.2. The number of nitrogens with two attached hydrogens (primary N) is 1. The zero-order valence-electron chi connectivity index (χ0n) is 11.6. The molecule has 1 aliphatic rings. The van der Waals surface area contributed by atoms with Crippen LogP contribution >= 0.6 is 0 Å². The summed E-state index contributed by atoms with van der Waals surface area (Å²) in [5, 5.41) is 11.1. The number of aromatic amines is 1. The van der Waals surface area contributed by atoms with Crippen LogP contribution in [-0.2, 0) is 0 Å². The monoisotopic (exact) mass is 276 g/mol. The van der Waals surface area contributed by atoms with E-state index < -0.39 is 0 Å². The summed E-state index contributed by atoms with van der Waals surface area (Å²) in [6, 6.07) is 0.537. The van der Waals surface area contributed by atoms with Crippen molar-refractivity contribution in [3.63, 3.8) is 0 Å². The van der Waals surface area contributed by atoms with E-state index in [1.807, 2.05) is 0 Å². The number of H-pyrrole nitrogens is 1. The second kappa shape index (κ2) is 5.59. The number of piperidine rings is 1. The van der Waals surface area contributed by atoms with Crippen LogP contribution in [0.5, 0.6) is 0 Å². The van der Waals surface area contributed by atoms with Crippen LogP contribution in [0.3, 0.4) is 0 Å². The van der Waals surface area contributed by atoms with Crippen molar-refractivity contribution in [3.05, 3.63) is 6.20 Å². The number of hydrogen-bond donors (Lipinski definition) is 4. The fraction of sp³-hybridized carbons (Fsp3) is 0.583. The van der Waals surface area contributed by atoms with E-state index in [1.165, 1.54) is 19.3 Å². The molecule has 0 aromatic carbocycles. The number of nitrogens with zero attached hydrogens (tertiary/aromatic N) is 4. The average Bonchev–Trinajstić information content (AvgIpc) is 2.94. The number of rotatable bonds is 4. The predicted octanol–water partition coefficient (Wildman–Crippen LogP) is 0.535. The summed E-state index contributed by atoms with van der Waals surface area (Å²) >= 11 is 0. The summed E-state index contributed by atoms with van der Waals surface area (Å²) in [5.74, 6) is 6.53. The second-order valence-electron chi connectivity index (χ2n) is 5.18. The molecule has 1 fully saturated rings. The SMILES string of the molecule is CN1CCCCC1CNc1nc(NN)nc2[nH]ncc12. The number of nitrogens with one attached hydrogen (secondary N) is 3. The molecule has 108 valence electrons. The zero-order chi connectivity index (χ0) is 13.9. The van der Waals surface area contributed by atoms with Gasteiger partial charge in [-0.05, 0) is 26.4 Å². The number of likely N-dealkylation sites (tertiary alicyclic amines) is 1. The fourth-order valence-corrected chi connectivity index (χ4v) is 2.65. The van der Waals surface area contributed by atoms with E-state index >= 15 is 0 Å². The Morgan fingerprint density at radius 1 is 1.45 bits per heavy atom. The molecule has 3 rings (SSSR count). The molecule has 0 aliphatic carbocycles. The first kappa shape index (κ1) is 13.1. The second-order valence-corrected chi connectivity index (χ2v) is 5.18. The summed E-state index contributed by atoms with van der Waals surface area (Å²) in [7, 11) is 2.17. The van der Waals surface area contributed by atoms with Gasteiger partial charge in [0.1, 0.15) is 5.82 Å². The van der Waals surface area contributed by atoms with Gasteiger partial charge in [0, 0.05) is 12.6 Å². The molecular formula is C12H20N8. The van der Waals surface area contributed by atoms with Crippen molar-refractivity contribution in [2.45, 2.75) is 25.3 Å². The highest BCUT2D eigenvalue weighted by molar-refractivity contribution is 5.86. The van der Waals surface area contributed by atoms with Gasteiger partial charge in [-0.1, -0.05) is 6.42 Å². The number of hydrogen-bond acceptors (Lipinski definition) is 7. The van der Waals surface area contributed by atoms with Gasteiger partial charge in [-0.25, -0.2) is 5.84 Å². The van der Waals surface area contributed by atoms with Crippen molar-refractivity contribution < 1.29 is 0 Å². The quantitative estimate of drug-likeness (QED) is 0.476. The lowest BCUT2D eigenvalue weighted by Crippen LogP contribution is -2.40. The van der Waals surface area contributed by atoms with Crippen molar-refractivity contribution in [3.8, 4) is 0 Å².